The summed E-state index contributed by atoms with van der Waals surface area (Å²) in [5.41, 5.74) is 0.471. The fraction of sp³-hybridized carbons (Fsp3) is 0.364. The molecule has 0 spiro atoms. The van der Waals surface area contributed by atoms with Crippen LogP contribution in [0.2, 0.25) is 0 Å². The number of rotatable bonds is 2. The van der Waals surface area contributed by atoms with Crippen molar-refractivity contribution in [2.45, 2.75) is 6.04 Å². The van der Waals surface area contributed by atoms with Gasteiger partial charge in [-0.15, -0.1) is 0 Å². The average Bonchev–Trinajstić information content (AvgIpc) is 2.39. The van der Waals surface area contributed by atoms with Gasteiger partial charge >= 0.3 is 5.97 Å². The lowest BCUT2D eigenvalue weighted by atomic mass is 10.2. The average molecular weight is 232 g/mol. The highest BCUT2D eigenvalue weighted by molar-refractivity contribution is 5.75. The number of carboxylic acids is 1. The van der Waals surface area contributed by atoms with E-state index in [2.05, 4.69) is 16.4 Å². The van der Waals surface area contributed by atoms with E-state index < -0.39 is 12.0 Å². The van der Waals surface area contributed by atoms with E-state index in [1.165, 1.54) is 0 Å². The molecular weight excluding hydrogens is 220 g/mol. The molecule has 88 valence electrons. The fourth-order valence-electron chi connectivity index (χ4n) is 1.84. The van der Waals surface area contributed by atoms with Gasteiger partial charge in [0.2, 0.25) is 0 Å². The number of piperazine rings is 1. The van der Waals surface area contributed by atoms with Crippen LogP contribution in [0.1, 0.15) is 5.56 Å². The van der Waals surface area contributed by atoms with Crippen LogP contribution >= 0.6 is 0 Å². The van der Waals surface area contributed by atoms with Gasteiger partial charge in [0.05, 0.1) is 5.56 Å². The van der Waals surface area contributed by atoms with Gasteiger partial charge in [-0.05, 0) is 12.1 Å². The molecule has 2 heterocycles. The number of nitrogens with zero attached hydrogens (tertiary/aromatic N) is 3. The molecule has 0 unspecified atom stereocenters. The molecule has 6 nitrogen and oxygen atoms in total. The van der Waals surface area contributed by atoms with E-state index in [0.717, 1.165) is 0 Å². The third-order valence-corrected chi connectivity index (χ3v) is 2.68. The van der Waals surface area contributed by atoms with E-state index >= 15 is 0 Å². The van der Waals surface area contributed by atoms with Crippen molar-refractivity contribution in [3.63, 3.8) is 0 Å². The standard InChI is InChI=1S/C11H12N4O2/c12-6-8-2-1-3-14-10(8)15-5-4-13-9(7-15)11(16)17/h1-3,9,13H,4-5,7H2,(H,16,17)/t9-/m0/s1. The Morgan fingerprint density at radius 1 is 1.71 bits per heavy atom. The zero-order valence-corrected chi connectivity index (χ0v) is 9.13. The second kappa shape index (κ2) is 4.80. The Labute approximate surface area is 98.5 Å². The summed E-state index contributed by atoms with van der Waals surface area (Å²) in [5.74, 6) is -0.327. The van der Waals surface area contributed by atoms with E-state index in [0.29, 0.717) is 31.0 Å². The van der Waals surface area contributed by atoms with Gasteiger partial charge in [-0.25, -0.2) is 4.98 Å². The second-order valence-corrected chi connectivity index (χ2v) is 3.78. The largest absolute Gasteiger partial charge is 0.480 e. The number of hydrogen-bond donors (Lipinski definition) is 2. The molecule has 0 saturated carbocycles. The molecule has 2 rings (SSSR count). The van der Waals surface area contributed by atoms with Crippen LogP contribution in [0.4, 0.5) is 5.82 Å². The molecule has 1 aromatic rings. The molecule has 1 aliphatic heterocycles. The molecule has 0 radical (unpaired) electrons. The number of carboxylic acid groups (broad SMARTS) is 1. The first-order chi connectivity index (χ1) is 8.22. The summed E-state index contributed by atoms with van der Waals surface area (Å²) >= 11 is 0. The summed E-state index contributed by atoms with van der Waals surface area (Å²) in [6, 6.07) is 4.83. The monoisotopic (exact) mass is 232 g/mol. The minimum absolute atomic E-state index is 0.320. The van der Waals surface area contributed by atoms with Crippen LogP contribution < -0.4 is 10.2 Å². The number of anilines is 1. The van der Waals surface area contributed by atoms with Crippen LogP contribution in [0.15, 0.2) is 18.3 Å². The second-order valence-electron chi connectivity index (χ2n) is 3.78. The summed E-state index contributed by atoms with van der Waals surface area (Å²) in [6.45, 7) is 1.54. The number of carbonyl (C=O) groups is 1. The molecule has 1 aromatic heterocycles. The number of nitriles is 1. The van der Waals surface area contributed by atoms with Crippen molar-refractivity contribution in [3.05, 3.63) is 23.9 Å². The zero-order valence-electron chi connectivity index (χ0n) is 9.13. The first-order valence-corrected chi connectivity index (χ1v) is 5.28. The third-order valence-electron chi connectivity index (χ3n) is 2.68. The summed E-state index contributed by atoms with van der Waals surface area (Å²) in [7, 11) is 0. The highest BCUT2D eigenvalue weighted by atomic mass is 16.4. The van der Waals surface area contributed by atoms with Gasteiger partial charge in [-0.1, -0.05) is 0 Å². The topological polar surface area (TPSA) is 89.3 Å². The Hall–Kier alpha value is -2.13. The Morgan fingerprint density at radius 3 is 3.24 bits per heavy atom. The van der Waals surface area contributed by atoms with E-state index in [-0.39, 0.29) is 0 Å². The minimum atomic E-state index is -0.885. The van der Waals surface area contributed by atoms with Gasteiger partial charge < -0.3 is 15.3 Å². The Bertz CT molecular complexity index is 469. The first-order valence-electron chi connectivity index (χ1n) is 5.28. The molecule has 0 aliphatic carbocycles. The van der Waals surface area contributed by atoms with Crippen LogP contribution in [-0.2, 0) is 4.79 Å². The Balaban J connectivity index is 2.22. The van der Waals surface area contributed by atoms with Crippen molar-refractivity contribution in [3.8, 4) is 6.07 Å². The lowest BCUT2D eigenvalue weighted by molar-refractivity contribution is -0.139. The maximum absolute atomic E-state index is 10.9. The van der Waals surface area contributed by atoms with Gasteiger partial charge in [-0.2, -0.15) is 5.26 Å². The quantitative estimate of drug-likeness (QED) is 0.735. The number of aliphatic carboxylic acids is 1. The zero-order chi connectivity index (χ0) is 12.3. The summed E-state index contributed by atoms with van der Waals surface area (Å²) in [4.78, 5) is 16.9. The van der Waals surface area contributed by atoms with Crippen molar-refractivity contribution < 1.29 is 9.90 Å². The molecule has 0 bridgehead atoms. The molecule has 1 aliphatic rings. The lowest BCUT2D eigenvalue weighted by Crippen LogP contribution is -2.54. The number of aromatic nitrogens is 1. The van der Waals surface area contributed by atoms with E-state index in [1.807, 2.05) is 4.90 Å². The first kappa shape index (κ1) is 11.4. The highest BCUT2D eigenvalue weighted by Crippen LogP contribution is 2.17. The predicted molar refractivity (Wildman–Crippen MR) is 60.6 cm³/mol. The highest BCUT2D eigenvalue weighted by Gasteiger charge is 2.26. The molecular formula is C11H12N4O2. The van der Waals surface area contributed by atoms with Gasteiger partial charge in [0.15, 0.2) is 0 Å². The van der Waals surface area contributed by atoms with Gasteiger partial charge in [0, 0.05) is 25.8 Å². The molecule has 1 fully saturated rings. The van der Waals surface area contributed by atoms with Gasteiger partial charge in [-0.3, -0.25) is 4.79 Å². The molecule has 0 amide bonds. The summed E-state index contributed by atoms with van der Waals surface area (Å²) in [6.07, 6.45) is 1.61. The molecule has 17 heavy (non-hydrogen) atoms. The summed E-state index contributed by atoms with van der Waals surface area (Å²) in [5, 5.41) is 20.8. The van der Waals surface area contributed by atoms with Gasteiger partial charge in [0.25, 0.3) is 0 Å². The molecule has 1 atom stereocenters. The summed E-state index contributed by atoms with van der Waals surface area (Å²) < 4.78 is 0. The van der Waals surface area contributed by atoms with E-state index in [4.69, 9.17) is 10.4 Å². The normalized spacial score (nSPS) is 19.7. The Morgan fingerprint density at radius 2 is 2.53 bits per heavy atom. The maximum Gasteiger partial charge on any atom is 0.322 e. The smallest absolute Gasteiger partial charge is 0.322 e. The lowest BCUT2D eigenvalue weighted by Gasteiger charge is -2.32. The Kier molecular flexibility index (Phi) is 3.21. The van der Waals surface area contributed by atoms with Crippen LogP contribution in [0.25, 0.3) is 0 Å². The fourth-order valence-corrected chi connectivity index (χ4v) is 1.84. The predicted octanol–water partition coefficient (Wildman–Crippen LogP) is -0.184. The molecule has 6 heteroatoms. The van der Waals surface area contributed by atoms with Crippen molar-refractivity contribution in [2.75, 3.05) is 24.5 Å². The van der Waals surface area contributed by atoms with Crippen LogP contribution in [-0.4, -0.2) is 41.7 Å². The number of nitrogens with one attached hydrogen (secondary N) is 1. The van der Waals surface area contributed by atoms with Crippen molar-refractivity contribution in [1.29, 1.82) is 5.26 Å². The van der Waals surface area contributed by atoms with Crippen molar-refractivity contribution >= 4 is 11.8 Å². The number of hydrogen-bond acceptors (Lipinski definition) is 5. The maximum atomic E-state index is 10.9. The molecule has 2 N–H and O–H groups in total. The van der Waals surface area contributed by atoms with Gasteiger partial charge in [0.1, 0.15) is 17.9 Å². The van der Waals surface area contributed by atoms with E-state index in [9.17, 15) is 4.79 Å². The number of pyridine rings is 1. The van der Waals surface area contributed by atoms with Crippen LogP contribution in [0.3, 0.4) is 0 Å². The van der Waals surface area contributed by atoms with E-state index in [1.54, 1.807) is 18.3 Å². The SMILES string of the molecule is N#Cc1cccnc1N1CCN[C@H](C(=O)O)C1. The van der Waals surface area contributed by atoms with Crippen LogP contribution in [0.5, 0.6) is 0 Å². The van der Waals surface area contributed by atoms with Crippen molar-refractivity contribution in [1.82, 2.24) is 10.3 Å². The third kappa shape index (κ3) is 2.34. The molecule has 1 saturated heterocycles. The minimum Gasteiger partial charge on any atom is -0.480 e. The van der Waals surface area contributed by atoms with Crippen LogP contribution in [0, 0.1) is 11.3 Å². The molecule has 0 aromatic carbocycles. The van der Waals surface area contributed by atoms with Crippen molar-refractivity contribution in [2.24, 2.45) is 0 Å².